The van der Waals surface area contributed by atoms with Crippen LogP contribution in [0.2, 0.25) is 0 Å². The van der Waals surface area contributed by atoms with Crippen LogP contribution >= 0.6 is 0 Å². The van der Waals surface area contributed by atoms with Crippen LogP contribution in [0, 0.1) is 0 Å². The highest BCUT2D eigenvalue weighted by Gasteiger charge is 2.13. The van der Waals surface area contributed by atoms with Crippen molar-refractivity contribution >= 4 is 5.69 Å². The van der Waals surface area contributed by atoms with Crippen LogP contribution in [-0.2, 0) is 0 Å². The largest absolute Gasteiger partial charge is 0.497 e. The summed E-state index contributed by atoms with van der Waals surface area (Å²) < 4.78 is 5.19. The molecule has 0 saturated heterocycles. The van der Waals surface area contributed by atoms with E-state index >= 15 is 0 Å². The third kappa shape index (κ3) is 5.41. The second kappa shape index (κ2) is 9.65. The first-order chi connectivity index (χ1) is 9.72. The first kappa shape index (κ1) is 16.8. The highest BCUT2D eigenvalue weighted by molar-refractivity contribution is 5.49. The molecule has 114 valence electrons. The summed E-state index contributed by atoms with van der Waals surface area (Å²) in [6, 6.07) is 8.61. The molecule has 3 heteroatoms. The molecule has 0 spiro atoms. The van der Waals surface area contributed by atoms with Gasteiger partial charge in [-0.3, -0.25) is 0 Å². The molecule has 1 aromatic carbocycles. The number of hydrogen-bond acceptors (Lipinski definition) is 3. The minimum atomic E-state index is 0.421. The highest BCUT2D eigenvalue weighted by Crippen LogP contribution is 2.21. The quantitative estimate of drug-likeness (QED) is 0.661. The Kier molecular flexibility index (Phi) is 8.12. The second-order valence-electron chi connectivity index (χ2n) is 5.40. The average Bonchev–Trinajstić information content (AvgIpc) is 2.50. The molecule has 1 aromatic rings. The molecular weight excluding hydrogens is 248 g/mol. The summed E-state index contributed by atoms with van der Waals surface area (Å²) in [5.41, 5.74) is 7.15. The molecule has 0 aromatic heterocycles. The van der Waals surface area contributed by atoms with Crippen molar-refractivity contribution < 1.29 is 4.74 Å². The predicted octanol–water partition coefficient (Wildman–Crippen LogP) is 3.82. The molecule has 0 amide bonds. The molecule has 0 saturated carbocycles. The number of methoxy groups -OCH3 is 1. The molecule has 3 nitrogen and oxygen atoms in total. The molecule has 0 radical (unpaired) electrons. The van der Waals surface area contributed by atoms with E-state index in [1.807, 2.05) is 12.1 Å². The number of hydrogen-bond donors (Lipinski definition) is 1. The SMILES string of the molecule is CCCCCCCC(CN)N(C)c1ccc(OC)cc1. The van der Waals surface area contributed by atoms with Gasteiger partial charge in [-0.05, 0) is 30.7 Å². The fourth-order valence-corrected chi connectivity index (χ4v) is 2.48. The summed E-state index contributed by atoms with van der Waals surface area (Å²) in [5, 5.41) is 0. The van der Waals surface area contributed by atoms with E-state index in [1.165, 1.54) is 44.2 Å². The van der Waals surface area contributed by atoms with Gasteiger partial charge in [0.05, 0.1) is 7.11 Å². The Labute approximate surface area is 124 Å². The van der Waals surface area contributed by atoms with Crippen molar-refractivity contribution in [3.05, 3.63) is 24.3 Å². The van der Waals surface area contributed by atoms with Crippen LogP contribution in [0.1, 0.15) is 45.4 Å². The van der Waals surface area contributed by atoms with Gasteiger partial charge in [0.2, 0.25) is 0 Å². The number of anilines is 1. The molecule has 1 rings (SSSR count). The van der Waals surface area contributed by atoms with Gasteiger partial charge in [-0.2, -0.15) is 0 Å². The summed E-state index contributed by atoms with van der Waals surface area (Å²) in [5.74, 6) is 0.894. The zero-order valence-corrected chi connectivity index (χ0v) is 13.3. The smallest absolute Gasteiger partial charge is 0.119 e. The minimum absolute atomic E-state index is 0.421. The van der Waals surface area contributed by atoms with E-state index in [4.69, 9.17) is 10.5 Å². The van der Waals surface area contributed by atoms with Crippen LogP contribution in [0.4, 0.5) is 5.69 Å². The van der Waals surface area contributed by atoms with E-state index in [9.17, 15) is 0 Å². The zero-order chi connectivity index (χ0) is 14.8. The van der Waals surface area contributed by atoms with Crippen molar-refractivity contribution in [1.29, 1.82) is 0 Å². The number of ether oxygens (including phenoxy) is 1. The number of nitrogens with zero attached hydrogens (tertiary/aromatic N) is 1. The van der Waals surface area contributed by atoms with Gasteiger partial charge in [0, 0.05) is 25.3 Å². The molecule has 0 fully saturated rings. The number of nitrogens with two attached hydrogens (primary N) is 1. The van der Waals surface area contributed by atoms with Crippen molar-refractivity contribution in [2.75, 3.05) is 25.6 Å². The molecule has 0 aliphatic rings. The molecule has 1 unspecified atom stereocenters. The normalized spacial score (nSPS) is 12.2. The average molecular weight is 278 g/mol. The van der Waals surface area contributed by atoms with Crippen molar-refractivity contribution in [3.63, 3.8) is 0 Å². The first-order valence-electron chi connectivity index (χ1n) is 7.79. The van der Waals surface area contributed by atoms with E-state index in [-0.39, 0.29) is 0 Å². The van der Waals surface area contributed by atoms with Crippen molar-refractivity contribution in [1.82, 2.24) is 0 Å². The van der Waals surface area contributed by atoms with Crippen molar-refractivity contribution in [2.45, 2.75) is 51.5 Å². The Hall–Kier alpha value is -1.22. The van der Waals surface area contributed by atoms with Gasteiger partial charge in [0.1, 0.15) is 5.75 Å². The van der Waals surface area contributed by atoms with Crippen molar-refractivity contribution in [2.24, 2.45) is 5.73 Å². The van der Waals surface area contributed by atoms with E-state index in [0.717, 1.165) is 5.75 Å². The summed E-state index contributed by atoms with van der Waals surface area (Å²) in [6.07, 6.45) is 7.75. The summed E-state index contributed by atoms with van der Waals surface area (Å²) >= 11 is 0. The molecular formula is C17H30N2O. The molecule has 0 heterocycles. The molecule has 0 aliphatic heterocycles. The molecule has 0 aliphatic carbocycles. The molecule has 1 atom stereocenters. The maximum absolute atomic E-state index is 5.94. The Morgan fingerprint density at radius 3 is 2.30 bits per heavy atom. The van der Waals surface area contributed by atoms with Crippen LogP contribution in [0.15, 0.2) is 24.3 Å². The van der Waals surface area contributed by atoms with Gasteiger partial charge < -0.3 is 15.4 Å². The van der Waals surface area contributed by atoms with Gasteiger partial charge in [-0.1, -0.05) is 39.0 Å². The third-order valence-corrected chi connectivity index (χ3v) is 3.94. The topological polar surface area (TPSA) is 38.5 Å². The van der Waals surface area contributed by atoms with E-state index in [1.54, 1.807) is 7.11 Å². The Balaban J connectivity index is 2.46. The lowest BCUT2D eigenvalue weighted by Gasteiger charge is -2.29. The summed E-state index contributed by atoms with van der Waals surface area (Å²) in [4.78, 5) is 2.29. The third-order valence-electron chi connectivity index (χ3n) is 3.94. The number of rotatable bonds is 10. The van der Waals surface area contributed by atoms with Gasteiger partial charge in [-0.25, -0.2) is 0 Å². The van der Waals surface area contributed by atoms with E-state index < -0.39 is 0 Å². The number of unbranched alkanes of at least 4 members (excludes halogenated alkanes) is 4. The van der Waals surface area contributed by atoms with Crippen LogP contribution in [0.3, 0.4) is 0 Å². The summed E-state index contributed by atoms with van der Waals surface area (Å²) in [6.45, 7) is 2.95. The Morgan fingerprint density at radius 1 is 1.10 bits per heavy atom. The first-order valence-corrected chi connectivity index (χ1v) is 7.79. The fourth-order valence-electron chi connectivity index (χ4n) is 2.48. The summed E-state index contributed by atoms with van der Waals surface area (Å²) in [7, 11) is 3.82. The van der Waals surface area contributed by atoms with Crippen LogP contribution in [0.25, 0.3) is 0 Å². The Bertz CT molecular complexity index is 351. The highest BCUT2D eigenvalue weighted by atomic mass is 16.5. The maximum atomic E-state index is 5.94. The lowest BCUT2D eigenvalue weighted by atomic mass is 10.0. The maximum Gasteiger partial charge on any atom is 0.119 e. The lowest BCUT2D eigenvalue weighted by molar-refractivity contribution is 0.414. The zero-order valence-electron chi connectivity index (χ0n) is 13.3. The van der Waals surface area contributed by atoms with Gasteiger partial charge >= 0.3 is 0 Å². The van der Waals surface area contributed by atoms with E-state index in [2.05, 4.69) is 31.0 Å². The predicted molar refractivity (Wildman–Crippen MR) is 87.6 cm³/mol. The second-order valence-corrected chi connectivity index (χ2v) is 5.40. The fraction of sp³-hybridized carbons (Fsp3) is 0.647. The van der Waals surface area contributed by atoms with E-state index in [0.29, 0.717) is 12.6 Å². The Morgan fingerprint density at radius 2 is 1.75 bits per heavy atom. The lowest BCUT2D eigenvalue weighted by Crippen LogP contribution is -2.37. The van der Waals surface area contributed by atoms with Gasteiger partial charge in [0.15, 0.2) is 0 Å². The monoisotopic (exact) mass is 278 g/mol. The van der Waals surface area contributed by atoms with Crippen molar-refractivity contribution in [3.8, 4) is 5.75 Å². The van der Waals surface area contributed by atoms with Crippen LogP contribution in [-0.4, -0.2) is 26.7 Å². The number of likely N-dealkylation sites (N-methyl/N-ethyl adjacent to an activating group) is 1. The van der Waals surface area contributed by atoms with Gasteiger partial charge in [0.25, 0.3) is 0 Å². The molecule has 2 N–H and O–H groups in total. The minimum Gasteiger partial charge on any atom is -0.497 e. The number of benzene rings is 1. The van der Waals surface area contributed by atoms with Crippen LogP contribution in [0.5, 0.6) is 5.75 Å². The molecule has 20 heavy (non-hydrogen) atoms. The standard InChI is InChI=1S/C17H30N2O/c1-4-5-6-7-8-9-16(14-18)19(2)15-10-12-17(20-3)13-11-15/h10-13,16H,4-9,14,18H2,1-3H3. The molecule has 0 bridgehead atoms. The van der Waals surface area contributed by atoms with Gasteiger partial charge in [-0.15, -0.1) is 0 Å². The van der Waals surface area contributed by atoms with Crippen LogP contribution < -0.4 is 15.4 Å².